The molecule has 5 rings (SSSR count). The lowest BCUT2D eigenvalue weighted by Gasteiger charge is -2.37. The number of ether oxygens (including phenoxy) is 1. The molecule has 2 aromatic carbocycles. The molecule has 0 aliphatic heterocycles. The maximum Gasteiger partial charge on any atom is 0.287 e. The van der Waals surface area contributed by atoms with E-state index in [1.54, 1.807) is 13.2 Å². The fourth-order valence-corrected chi connectivity index (χ4v) is 5.40. The average molecular weight is 472 g/mol. The fourth-order valence-electron chi connectivity index (χ4n) is 4.26. The monoisotopic (exact) mass is 471 g/mol. The Hall–Kier alpha value is -2.54. The molecule has 1 heterocycles. The van der Waals surface area contributed by atoms with Crippen LogP contribution >= 0.6 is 11.8 Å². The van der Waals surface area contributed by atoms with E-state index in [4.69, 9.17) is 9.15 Å². The molecular weight excluding hydrogens is 444 g/mol. The first-order chi connectivity index (χ1) is 15.7. The summed E-state index contributed by atoms with van der Waals surface area (Å²) in [7, 11) is 1.69. The van der Waals surface area contributed by atoms with Gasteiger partial charge in [0.05, 0.1) is 7.11 Å². The second-order valence-electron chi connectivity index (χ2n) is 9.42. The van der Waals surface area contributed by atoms with Crippen molar-refractivity contribution in [2.75, 3.05) is 7.11 Å². The highest BCUT2D eigenvalue weighted by Gasteiger charge is 2.41. The number of methoxy groups -OCH3 is 1. The maximum atomic E-state index is 13.5. The molecule has 2 saturated carbocycles. The molecule has 2 fully saturated rings. The average Bonchev–Trinajstić information content (AvgIpc) is 3.50. The van der Waals surface area contributed by atoms with Gasteiger partial charge < -0.3 is 14.5 Å². The number of benzene rings is 2. The number of rotatable bonds is 6. The number of halogens is 2. The summed E-state index contributed by atoms with van der Waals surface area (Å²) in [4.78, 5) is 14.0. The molecule has 0 atom stereocenters. The van der Waals surface area contributed by atoms with Gasteiger partial charge in [-0.1, -0.05) is 18.2 Å². The molecule has 0 spiro atoms. The minimum Gasteiger partial charge on any atom is -0.496 e. The normalized spacial score (nSPS) is 19.4. The largest absolute Gasteiger partial charge is 0.496 e. The van der Waals surface area contributed by atoms with E-state index in [1.165, 1.54) is 12.8 Å². The number of hydrogen-bond donors (Lipinski definition) is 1. The Labute approximate surface area is 196 Å². The number of carbonyl (C=O) groups excluding carboxylic acids is 1. The van der Waals surface area contributed by atoms with Crippen LogP contribution in [0.2, 0.25) is 0 Å². The zero-order chi connectivity index (χ0) is 23.2. The highest BCUT2D eigenvalue weighted by atomic mass is 32.2. The molecule has 1 N–H and O–H groups in total. The van der Waals surface area contributed by atoms with E-state index >= 15 is 0 Å². The van der Waals surface area contributed by atoms with Crippen LogP contribution < -0.4 is 10.1 Å². The van der Waals surface area contributed by atoms with Crippen LogP contribution in [0.4, 0.5) is 8.78 Å². The van der Waals surface area contributed by atoms with Crippen molar-refractivity contribution in [1.82, 2.24) is 5.32 Å². The van der Waals surface area contributed by atoms with E-state index in [1.807, 2.05) is 43.0 Å². The van der Waals surface area contributed by atoms with Crippen LogP contribution in [-0.4, -0.2) is 29.7 Å². The molecule has 2 aliphatic carbocycles. The Morgan fingerprint density at radius 2 is 1.76 bits per heavy atom. The quantitative estimate of drug-likeness (QED) is 0.418. The number of fused-ring (bicyclic) bond motifs is 1. The van der Waals surface area contributed by atoms with Gasteiger partial charge in [-0.15, -0.1) is 11.8 Å². The lowest BCUT2D eigenvalue weighted by molar-refractivity contribution is -0.0523. The SMILES string of the molecule is COc1cc(-c2ccc3cc(C(=O)NC4(C)CCC(F)(F)CC4)oc3c2)ccc1SC1CC1. The van der Waals surface area contributed by atoms with Crippen LogP contribution in [0.25, 0.3) is 22.1 Å². The minimum absolute atomic E-state index is 0.189. The number of nitrogens with one attached hydrogen (secondary N) is 1. The van der Waals surface area contributed by atoms with E-state index in [2.05, 4.69) is 17.4 Å². The lowest BCUT2D eigenvalue weighted by Crippen LogP contribution is -2.50. The number of thioether (sulfide) groups is 1. The van der Waals surface area contributed by atoms with Gasteiger partial charge in [-0.05, 0) is 68.0 Å². The van der Waals surface area contributed by atoms with Crippen LogP contribution in [0, 0.1) is 0 Å². The number of furan rings is 1. The highest BCUT2D eigenvalue weighted by Crippen LogP contribution is 2.44. The van der Waals surface area contributed by atoms with E-state index in [0.717, 1.165) is 27.2 Å². The lowest BCUT2D eigenvalue weighted by atomic mass is 9.81. The summed E-state index contributed by atoms with van der Waals surface area (Å²) < 4.78 is 38.5. The predicted octanol–water partition coefficient (Wildman–Crippen LogP) is 7.06. The van der Waals surface area contributed by atoms with Crippen LogP contribution in [0.3, 0.4) is 0 Å². The molecular formula is C26H27F2NO3S. The molecule has 33 heavy (non-hydrogen) atoms. The second-order valence-corrected chi connectivity index (χ2v) is 10.8. The molecule has 3 aromatic rings. The Kier molecular flexibility index (Phi) is 5.63. The molecule has 7 heteroatoms. The van der Waals surface area contributed by atoms with Crippen molar-refractivity contribution in [2.45, 2.75) is 67.1 Å². The zero-order valence-corrected chi connectivity index (χ0v) is 19.6. The van der Waals surface area contributed by atoms with E-state index in [9.17, 15) is 13.6 Å². The second kappa shape index (κ2) is 8.35. The van der Waals surface area contributed by atoms with Crippen LogP contribution in [0.5, 0.6) is 5.75 Å². The number of alkyl halides is 2. The summed E-state index contributed by atoms with van der Waals surface area (Å²) in [5.74, 6) is -1.97. The smallest absolute Gasteiger partial charge is 0.287 e. The van der Waals surface area contributed by atoms with Gasteiger partial charge in [0.1, 0.15) is 11.3 Å². The van der Waals surface area contributed by atoms with Crippen molar-refractivity contribution in [1.29, 1.82) is 0 Å². The van der Waals surface area contributed by atoms with Gasteiger partial charge in [-0.2, -0.15) is 0 Å². The van der Waals surface area contributed by atoms with E-state index < -0.39 is 11.5 Å². The van der Waals surface area contributed by atoms with Gasteiger partial charge in [-0.25, -0.2) is 8.78 Å². The van der Waals surface area contributed by atoms with E-state index in [-0.39, 0.29) is 37.4 Å². The summed E-state index contributed by atoms with van der Waals surface area (Å²) in [6.45, 7) is 1.82. The first kappa shape index (κ1) is 22.3. The fraction of sp³-hybridized carbons (Fsp3) is 0.423. The molecule has 0 saturated heterocycles. The Bertz CT molecular complexity index is 1190. The summed E-state index contributed by atoms with van der Waals surface area (Å²) in [6, 6.07) is 13.7. The molecule has 1 amide bonds. The molecule has 4 nitrogen and oxygen atoms in total. The van der Waals surface area contributed by atoms with Crippen LogP contribution in [0.15, 0.2) is 51.8 Å². The van der Waals surface area contributed by atoms with Gasteiger partial charge in [-0.3, -0.25) is 4.79 Å². The highest BCUT2D eigenvalue weighted by molar-refractivity contribution is 8.00. The van der Waals surface area contributed by atoms with Crippen molar-refractivity contribution in [3.63, 3.8) is 0 Å². The Morgan fingerprint density at radius 1 is 1.06 bits per heavy atom. The van der Waals surface area contributed by atoms with Gasteiger partial charge in [0.2, 0.25) is 5.92 Å². The molecule has 0 unspecified atom stereocenters. The zero-order valence-electron chi connectivity index (χ0n) is 18.8. The van der Waals surface area contributed by atoms with Crippen molar-refractivity contribution >= 4 is 28.6 Å². The predicted molar refractivity (Wildman–Crippen MR) is 126 cm³/mol. The van der Waals surface area contributed by atoms with Crippen molar-refractivity contribution < 1.29 is 22.7 Å². The van der Waals surface area contributed by atoms with Crippen molar-refractivity contribution in [3.8, 4) is 16.9 Å². The van der Waals surface area contributed by atoms with E-state index in [0.29, 0.717) is 10.8 Å². The molecule has 174 valence electrons. The summed E-state index contributed by atoms with van der Waals surface area (Å²) in [5, 5.41) is 4.43. The first-order valence-corrected chi connectivity index (χ1v) is 12.2. The Balaban J connectivity index is 1.35. The first-order valence-electron chi connectivity index (χ1n) is 11.3. The van der Waals surface area contributed by atoms with Crippen molar-refractivity contribution in [3.05, 3.63) is 48.2 Å². The van der Waals surface area contributed by atoms with Gasteiger partial charge >= 0.3 is 0 Å². The Morgan fingerprint density at radius 3 is 2.45 bits per heavy atom. The number of amides is 1. The minimum atomic E-state index is -2.64. The van der Waals surface area contributed by atoms with Crippen LogP contribution in [-0.2, 0) is 0 Å². The summed E-state index contributed by atoms with van der Waals surface area (Å²) in [6.07, 6.45) is 2.57. The molecule has 0 radical (unpaired) electrons. The number of hydrogen-bond acceptors (Lipinski definition) is 4. The van der Waals surface area contributed by atoms with Gasteiger partial charge in [0.25, 0.3) is 5.91 Å². The topological polar surface area (TPSA) is 51.5 Å². The van der Waals surface area contributed by atoms with Gasteiger partial charge in [0.15, 0.2) is 5.76 Å². The third kappa shape index (κ3) is 4.88. The van der Waals surface area contributed by atoms with Gasteiger partial charge in [0, 0.05) is 33.9 Å². The number of carbonyl (C=O) groups is 1. The molecule has 2 aliphatic rings. The van der Waals surface area contributed by atoms with Crippen LogP contribution in [0.1, 0.15) is 56.0 Å². The third-order valence-electron chi connectivity index (χ3n) is 6.56. The maximum absolute atomic E-state index is 13.5. The van der Waals surface area contributed by atoms with Crippen molar-refractivity contribution in [2.24, 2.45) is 0 Å². The standard InChI is InChI=1S/C26H27F2NO3S/c1-25(9-11-26(27,28)12-10-25)29-24(30)22-15-18-4-3-16(13-20(18)32-22)17-5-8-23(21(14-17)31-2)33-19-6-7-19/h3-5,8,13-15,19H,6-7,9-12H2,1-2H3,(H,29,30). The molecule has 0 bridgehead atoms. The summed E-state index contributed by atoms with van der Waals surface area (Å²) in [5.41, 5.74) is 1.92. The molecule has 1 aromatic heterocycles. The summed E-state index contributed by atoms with van der Waals surface area (Å²) >= 11 is 1.86. The third-order valence-corrected chi connectivity index (χ3v) is 7.96.